The highest BCUT2D eigenvalue weighted by atomic mass is 19.4. The first-order chi connectivity index (χ1) is 16.4. The third kappa shape index (κ3) is 3.69. The molecule has 3 heterocycles. The molecule has 5 rings (SSSR count). The fourth-order valence-electron chi connectivity index (χ4n) is 5.09. The van der Waals surface area contributed by atoms with Crippen LogP contribution in [0.3, 0.4) is 0 Å². The molecule has 0 radical (unpaired) electrons. The molecule has 2 aromatic carbocycles. The van der Waals surface area contributed by atoms with Gasteiger partial charge in [-0.25, -0.2) is 0 Å². The van der Waals surface area contributed by atoms with Gasteiger partial charge in [-0.15, -0.1) is 0 Å². The third-order valence-electron chi connectivity index (χ3n) is 7.67. The molecule has 1 unspecified atom stereocenters. The Balaban J connectivity index is 1.61. The lowest BCUT2D eigenvalue weighted by Gasteiger charge is -2.42. The lowest BCUT2D eigenvalue weighted by Crippen LogP contribution is -2.55. The van der Waals surface area contributed by atoms with Crippen molar-refractivity contribution in [1.82, 2.24) is 4.90 Å². The summed E-state index contributed by atoms with van der Waals surface area (Å²) < 4.78 is 59.2. The number of para-hydroxylation sites is 1. The van der Waals surface area contributed by atoms with Crippen LogP contribution in [0.25, 0.3) is 0 Å². The van der Waals surface area contributed by atoms with Crippen molar-refractivity contribution in [2.24, 2.45) is 0 Å². The van der Waals surface area contributed by atoms with Crippen molar-refractivity contribution in [2.75, 3.05) is 31.6 Å². The quantitative estimate of drug-likeness (QED) is 0.671. The zero-order valence-corrected chi connectivity index (χ0v) is 20.2. The van der Waals surface area contributed by atoms with Crippen LogP contribution in [0.5, 0.6) is 0 Å². The van der Waals surface area contributed by atoms with Crippen LogP contribution in [0.1, 0.15) is 44.4 Å². The second-order valence-corrected chi connectivity index (χ2v) is 10.2. The normalized spacial score (nSPS) is 26.0. The molecule has 10 heteroatoms. The maximum absolute atomic E-state index is 13.8. The first-order valence-corrected chi connectivity index (χ1v) is 11.7. The van der Waals surface area contributed by atoms with E-state index in [1.165, 1.54) is 6.07 Å². The van der Waals surface area contributed by atoms with Gasteiger partial charge in [0, 0.05) is 18.7 Å². The van der Waals surface area contributed by atoms with Crippen molar-refractivity contribution < 1.29 is 32.0 Å². The van der Waals surface area contributed by atoms with Crippen LogP contribution in [0, 0.1) is 0 Å². The molecule has 1 atom stereocenters. The first-order valence-electron chi connectivity index (χ1n) is 11.7. The molecule has 2 fully saturated rings. The molecule has 0 bridgehead atoms. The minimum atomic E-state index is -4.60. The molecule has 0 saturated carbocycles. The summed E-state index contributed by atoms with van der Waals surface area (Å²) in [7, 11) is -0.588. The Kier molecular flexibility index (Phi) is 5.60. The van der Waals surface area contributed by atoms with E-state index < -0.39 is 41.5 Å². The van der Waals surface area contributed by atoms with Crippen LogP contribution in [0.4, 0.5) is 18.9 Å². The zero-order chi connectivity index (χ0) is 25.2. The number of amides is 1. The predicted molar refractivity (Wildman–Crippen MR) is 125 cm³/mol. The summed E-state index contributed by atoms with van der Waals surface area (Å²) >= 11 is 0. The van der Waals surface area contributed by atoms with E-state index in [0.717, 1.165) is 11.5 Å². The van der Waals surface area contributed by atoms with Gasteiger partial charge in [0.1, 0.15) is 0 Å². The molecule has 35 heavy (non-hydrogen) atoms. The second-order valence-electron chi connectivity index (χ2n) is 10.2. The van der Waals surface area contributed by atoms with Gasteiger partial charge in [-0.3, -0.25) is 9.69 Å². The van der Waals surface area contributed by atoms with Gasteiger partial charge in [-0.1, -0.05) is 36.4 Å². The number of ether oxygens (including phenoxy) is 1. The van der Waals surface area contributed by atoms with Gasteiger partial charge in [0.2, 0.25) is 0 Å². The fraction of sp³-hybridized carbons (Fsp3) is 0.480. The number of rotatable bonds is 3. The summed E-state index contributed by atoms with van der Waals surface area (Å²) in [4.78, 5) is 15.5. The monoisotopic (exact) mass is 488 g/mol. The molecule has 1 amide bonds. The number of carbonyl (C=O) groups is 1. The number of anilines is 1. The van der Waals surface area contributed by atoms with E-state index in [9.17, 15) is 18.0 Å². The largest absolute Gasteiger partial charge is 0.494 e. The summed E-state index contributed by atoms with van der Waals surface area (Å²) in [5.74, 6) is -0.505. The van der Waals surface area contributed by atoms with Crippen molar-refractivity contribution in [3.05, 3.63) is 59.2 Å². The van der Waals surface area contributed by atoms with E-state index in [-0.39, 0.29) is 5.69 Å². The van der Waals surface area contributed by atoms with Crippen LogP contribution >= 0.6 is 0 Å². The van der Waals surface area contributed by atoms with Crippen LogP contribution < -0.4 is 10.8 Å². The zero-order valence-electron chi connectivity index (χ0n) is 20.2. The minimum absolute atomic E-state index is 0.188. The molecule has 2 saturated heterocycles. The SMILES string of the molecule is CC1(C)OB(c2ccc(C3(N4CCOCC4)C(=O)Nc4c(C(F)(F)F)cccc43)cc2)OC1(C)C. The van der Waals surface area contributed by atoms with Gasteiger partial charge in [0.15, 0.2) is 5.54 Å². The molecule has 186 valence electrons. The Labute approximate surface area is 202 Å². The van der Waals surface area contributed by atoms with Gasteiger partial charge in [0.25, 0.3) is 5.91 Å². The molecule has 3 aliphatic rings. The number of halogens is 3. The third-order valence-corrected chi connectivity index (χ3v) is 7.67. The summed E-state index contributed by atoms with van der Waals surface area (Å²) in [6, 6.07) is 11.2. The lowest BCUT2D eigenvalue weighted by atomic mass is 9.75. The van der Waals surface area contributed by atoms with Crippen molar-refractivity contribution in [1.29, 1.82) is 0 Å². The predicted octanol–water partition coefficient (Wildman–Crippen LogP) is 3.53. The highest BCUT2D eigenvalue weighted by Gasteiger charge is 2.56. The highest BCUT2D eigenvalue weighted by Crippen LogP contribution is 2.50. The van der Waals surface area contributed by atoms with Crippen LogP contribution in [-0.4, -0.2) is 55.4 Å². The molecule has 0 spiro atoms. The molecular weight excluding hydrogens is 460 g/mol. The Hall–Kier alpha value is -2.40. The number of morpholine rings is 1. The van der Waals surface area contributed by atoms with Gasteiger partial charge in [-0.2, -0.15) is 13.2 Å². The average molecular weight is 488 g/mol. The van der Waals surface area contributed by atoms with E-state index in [0.29, 0.717) is 37.4 Å². The number of nitrogens with one attached hydrogen (secondary N) is 1. The highest BCUT2D eigenvalue weighted by molar-refractivity contribution is 6.62. The number of benzene rings is 2. The van der Waals surface area contributed by atoms with E-state index >= 15 is 0 Å². The molecule has 2 aromatic rings. The van der Waals surface area contributed by atoms with Crippen LogP contribution in [0.2, 0.25) is 0 Å². The molecule has 1 N–H and O–H groups in total. The number of nitrogens with zero attached hydrogens (tertiary/aromatic N) is 1. The fourth-order valence-corrected chi connectivity index (χ4v) is 5.09. The number of carbonyl (C=O) groups excluding carboxylic acids is 1. The van der Waals surface area contributed by atoms with Crippen molar-refractivity contribution >= 4 is 24.2 Å². The van der Waals surface area contributed by atoms with Gasteiger partial charge in [0.05, 0.1) is 35.7 Å². The van der Waals surface area contributed by atoms with Crippen molar-refractivity contribution in [2.45, 2.75) is 50.6 Å². The number of alkyl halides is 3. The van der Waals surface area contributed by atoms with Gasteiger partial charge < -0.3 is 19.4 Å². The Morgan fingerprint density at radius 1 is 0.943 bits per heavy atom. The van der Waals surface area contributed by atoms with E-state index in [1.54, 1.807) is 18.2 Å². The lowest BCUT2D eigenvalue weighted by molar-refractivity contribution is -0.137. The van der Waals surface area contributed by atoms with E-state index in [1.807, 2.05) is 44.7 Å². The van der Waals surface area contributed by atoms with Crippen molar-refractivity contribution in [3.63, 3.8) is 0 Å². The molecule has 0 aliphatic carbocycles. The Bertz CT molecular complexity index is 1130. The number of hydrogen-bond acceptors (Lipinski definition) is 5. The maximum Gasteiger partial charge on any atom is 0.494 e. The molecule has 3 aliphatic heterocycles. The summed E-state index contributed by atoms with van der Waals surface area (Å²) in [5.41, 5.74) is -1.83. The summed E-state index contributed by atoms with van der Waals surface area (Å²) in [5, 5.41) is 2.56. The topological polar surface area (TPSA) is 60.0 Å². The molecule has 0 aromatic heterocycles. The average Bonchev–Trinajstić information content (AvgIpc) is 3.22. The number of fused-ring (bicyclic) bond motifs is 1. The minimum Gasteiger partial charge on any atom is -0.399 e. The van der Waals surface area contributed by atoms with Gasteiger partial charge in [-0.05, 0) is 44.8 Å². The second kappa shape index (κ2) is 8.06. The molecular formula is C25H28BF3N2O4. The van der Waals surface area contributed by atoms with Crippen molar-refractivity contribution in [3.8, 4) is 0 Å². The smallest absolute Gasteiger partial charge is 0.399 e. The number of hydrogen-bond donors (Lipinski definition) is 1. The van der Waals surface area contributed by atoms with E-state index in [2.05, 4.69) is 5.32 Å². The summed E-state index contributed by atoms with van der Waals surface area (Å²) in [6.45, 7) is 9.44. The molecule has 6 nitrogen and oxygen atoms in total. The summed E-state index contributed by atoms with van der Waals surface area (Å²) in [6.07, 6.45) is -4.60. The van der Waals surface area contributed by atoms with Crippen LogP contribution in [0.15, 0.2) is 42.5 Å². The van der Waals surface area contributed by atoms with Gasteiger partial charge >= 0.3 is 13.3 Å². The first kappa shape index (κ1) is 24.3. The maximum atomic E-state index is 13.8. The van der Waals surface area contributed by atoms with E-state index in [4.69, 9.17) is 14.0 Å². The Morgan fingerprint density at radius 3 is 2.11 bits per heavy atom. The standard InChI is InChI=1S/C25H28BF3N2O4/c1-22(2)23(3,4)35-26(34-22)17-10-8-16(9-11-17)24(31-12-14-33-15-13-31)18-6-5-7-19(25(27,28)29)20(18)30-21(24)32/h5-11H,12-15H2,1-4H3,(H,30,32). The van der Waals surface area contributed by atoms with Crippen LogP contribution in [-0.2, 0) is 30.6 Å². The Morgan fingerprint density at radius 2 is 1.54 bits per heavy atom.